The topological polar surface area (TPSA) is 0 Å². The fraction of sp³-hybridized carbons (Fsp3) is 0.120. The fourth-order valence-electron chi connectivity index (χ4n) is 2.93. The average molecular weight is 451 g/mol. The van der Waals surface area contributed by atoms with Crippen molar-refractivity contribution in [2.75, 3.05) is 0 Å². The van der Waals surface area contributed by atoms with E-state index in [9.17, 15) is 0 Å². The summed E-state index contributed by atoms with van der Waals surface area (Å²) in [4.78, 5) is 0. The maximum atomic E-state index is 2.23. The third-order valence-corrected chi connectivity index (χ3v) is 6.79. The largest absolute Gasteiger partial charge is 1.00 e. The normalized spacial score (nSPS) is 11.6. The zero-order chi connectivity index (χ0) is 18.0. The second-order valence-electron chi connectivity index (χ2n) is 6.15. The van der Waals surface area contributed by atoms with Gasteiger partial charge in [0.15, 0.2) is 0 Å². The summed E-state index contributed by atoms with van der Waals surface area (Å²) in [7, 11) is -0.446. The Morgan fingerprint density at radius 2 is 1.07 bits per heavy atom. The maximum absolute atomic E-state index is 2.23. The molecule has 0 unspecified atom stereocenters. The van der Waals surface area contributed by atoms with Crippen molar-refractivity contribution in [3.05, 3.63) is 115 Å². The van der Waals surface area contributed by atoms with Crippen molar-refractivity contribution in [3.8, 4) is 0 Å². The van der Waals surface area contributed by atoms with E-state index >= 15 is 0 Å². The molecule has 4 rings (SSSR count). The van der Waals surface area contributed by atoms with E-state index < -0.39 is 7.92 Å². The Morgan fingerprint density at radius 1 is 0.679 bits per heavy atom. The predicted octanol–water partition coefficient (Wildman–Crippen LogP) is 2.73. The molecule has 0 aliphatic heterocycles. The zero-order valence-corrected chi connectivity index (χ0v) is 18.6. The molecule has 28 heavy (non-hydrogen) atoms. The van der Waals surface area contributed by atoms with Crippen LogP contribution in [0.15, 0.2) is 115 Å². The van der Waals surface area contributed by atoms with E-state index in [4.69, 9.17) is 0 Å². The summed E-state index contributed by atoms with van der Waals surface area (Å²) in [5.74, 6) is 0. The summed E-state index contributed by atoms with van der Waals surface area (Å²) >= 11 is 0. The quantitative estimate of drug-likeness (QED) is 0.424. The molecule has 148 valence electrons. The third kappa shape index (κ3) is 7.07. The van der Waals surface area contributed by atoms with Gasteiger partial charge in [-0.2, -0.15) is 0 Å². The molecule has 0 atom stereocenters. The Morgan fingerprint density at radius 3 is 1.32 bits per heavy atom. The van der Waals surface area contributed by atoms with E-state index in [-0.39, 0.29) is 28.9 Å². The van der Waals surface area contributed by atoms with Gasteiger partial charge in [-0.3, -0.25) is 0 Å². The number of hydrogen-bond acceptors (Lipinski definition) is 0. The Bertz CT molecular complexity index is 752. The molecule has 3 aromatic carbocycles. The summed E-state index contributed by atoms with van der Waals surface area (Å²) in [6, 6.07) is 32.3. The van der Waals surface area contributed by atoms with Crippen LogP contribution in [-0.4, -0.2) is 0 Å². The van der Waals surface area contributed by atoms with Crippen LogP contribution in [0.2, 0.25) is 0 Å². The number of halogens is 1. The van der Waals surface area contributed by atoms with Crippen molar-refractivity contribution in [3.63, 3.8) is 0 Å². The first kappa shape index (κ1) is 24.4. The number of rotatable bonds is 4. The second kappa shape index (κ2) is 13.5. The van der Waals surface area contributed by atoms with Gasteiger partial charge in [-0.1, -0.05) is 122 Å². The molecule has 0 saturated heterocycles. The number of benzene rings is 3. The molecule has 0 saturated carbocycles. The van der Waals surface area contributed by atoms with Crippen molar-refractivity contribution in [1.29, 1.82) is 0 Å². The van der Waals surface area contributed by atoms with Crippen LogP contribution >= 0.6 is 7.92 Å². The summed E-state index contributed by atoms with van der Waals surface area (Å²) in [5, 5.41) is 4.19. The van der Waals surface area contributed by atoms with E-state index in [1.54, 1.807) is 5.57 Å². The van der Waals surface area contributed by atoms with E-state index in [1.165, 1.54) is 28.8 Å². The van der Waals surface area contributed by atoms with Gasteiger partial charge in [0.1, 0.15) is 0 Å². The molecule has 3 heteroatoms. The van der Waals surface area contributed by atoms with Gasteiger partial charge in [-0.25, -0.2) is 0 Å². The van der Waals surface area contributed by atoms with Gasteiger partial charge >= 0.3 is 0 Å². The Hall–Kier alpha value is -1.65. The van der Waals surface area contributed by atoms with Crippen LogP contribution in [-0.2, 0) is 16.5 Å². The van der Waals surface area contributed by atoms with E-state index in [0.29, 0.717) is 0 Å². The van der Waals surface area contributed by atoms with Gasteiger partial charge in [-0.05, 0) is 36.7 Å². The number of hydrogen-bond donors (Lipinski definition) is 0. The molecule has 0 aromatic heterocycles. The van der Waals surface area contributed by atoms with Crippen molar-refractivity contribution in [1.82, 2.24) is 0 Å². The van der Waals surface area contributed by atoms with Crippen LogP contribution in [0.5, 0.6) is 0 Å². The van der Waals surface area contributed by atoms with Crippen LogP contribution < -0.4 is 28.3 Å². The van der Waals surface area contributed by atoms with Gasteiger partial charge in [-0.15, -0.1) is 0 Å². The van der Waals surface area contributed by atoms with Gasteiger partial charge < -0.3 is 12.4 Å². The molecule has 0 spiro atoms. The van der Waals surface area contributed by atoms with Crippen LogP contribution in [0, 0.1) is 0 Å². The number of allylic oxidation sites excluding steroid dienone is 4. The van der Waals surface area contributed by atoms with Crippen molar-refractivity contribution >= 4 is 23.8 Å². The Kier molecular flexibility index (Phi) is 11.8. The molecule has 0 fully saturated rings. The first-order valence-corrected chi connectivity index (χ1v) is 10.5. The first-order chi connectivity index (χ1) is 12.9. The molecule has 1 aliphatic carbocycles. The first-order valence-electron chi connectivity index (χ1n) is 9.18. The second-order valence-corrected chi connectivity index (χ2v) is 8.37. The summed E-state index contributed by atoms with van der Waals surface area (Å²) < 4.78 is 0. The minimum absolute atomic E-state index is 0. The van der Waals surface area contributed by atoms with Gasteiger partial charge in [0.05, 0.1) is 0 Å². The van der Waals surface area contributed by atoms with E-state index in [2.05, 4.69) is 116 Å². The molecule has 0 amide bonds. The molecule has 0 bridgehead atoms. The third-order valence-electron chi connectivity index (χ3n) is 4.35. The minimum Gasteiger partial charge on any atom is -1.00 e. The van der Waals surface area contributed by atoms with Gasteiger partial charge in [0.25, 0.3) is 0 Å². The SMILES string of the molecule is CCC1=CC=CC1.[Cl-].[Ni].c1ccc(P(c2ccccc2)c2ccccc2)cc1. The van der Waals surface area contributed by atoms with E-state index in [1.807, 2.05) is 0 Å². The molecule has 0 heterocycles. The van der Waals surface area contributed by atoms with Gasteiger partial charge in [0.2, 0.25) is 0 Å². The monoisotopic (exact) mass is 449 g/mol. The Balaban J connectivity index is 0.000000373. The van der Waals surface area contributed by atoms with Crippen molar-refractivity contribution in [2.45, 2.75) is 19.8 Å². The molecule has 0 N–H and O–H groups in total. The Labute approximate surface area is 186 Å². The van der Waals surface area contributed by atoms with Crippen LogP contribution in [0.4, 0.5) is 0 Å². The maximum Gasteiger partial charge on any atom is 0 e. The molecular formula is C25H25ClNiP-. The standard InChI is InChI=1S/C18H15P.C7H10.ClH.Ni/c1-4-10-16(11-5-1)19(17-12-6-2-7-13-17)18-14-8-3-9-15-18;1-2-7-5-3-4-6-7;;/h1-15H;3-5H,2,6H2,1H3;1H;/p-1. The van der Waals surface area contributed by atoms with Crippen LogP contribution in [0.3, 0.4) is 0 Å². The summed E-state index contributed by atoms with van der Waals surface area (Å²) in [6.45, 7) is 2.19. The zero-order valence-electron chi connectivity index (χ0n) is 15.9. The van der Waals surface area contributed by atoms with E-state index in [0.717, 1.165) is 0 Å². The van der Waals surface area contributed by atoms with Crippen molar-refractivity contribution in [2.24, 2.45) is 0 Å². The molecule has 0 radical (unpaired) electrons. The van der Waals surface area contributed by atoms with Crippen molar-refractivity contribution < 1.29 is 28.9 Å². The van der Waals surface area contributed by atoms with Crippen LogP contribution in [0.25, 0.3) is 0 Å². The molecule has 3 aromatic rings. The molecule has 0 nitrogen and oxygen atoms in total. The molecular weight excluding hydrogens is 425 g/mol. The summed E-state index contributed by atoms with van der Waals surface area (Å²) in [5.41, 5.74) is 1.56. The predicted molar refractivity (Wildman–Crippen MR) is 117 cm³/mol. The van der Waals surface area contributed by atoms with Gasteiger partial charge in [0, 0.05) is 16.5 Å². The summed E-state index contributed by atoms with van der Waals surface area (Å²) in [6.07, 6.45) is 8.92. The fourth-order valence-corrected chi connectivity index (χ4v) is 5.24. The van der Waals surface area contributed by atoms with Crippen LogP contribution in [0.1, 0.15) is 19.8 Å². The average Bonchev–Trinajstić information content (AvgIpc) is 3.25. The smallest absolute Gasteiger partial charge is 0 e. The molecule has 1 aliphatic rings. The minimum atomic E-state index is -0.446.